The van der Waals surface area contributed by atoms with E-state index in [-0.39, 0.29) is 17.7 Å². The van der Waals surface area contributed by atoms with Crippen molar-refractivity contribution in [2.75, 3.05) is 23.3 Å². The van der Waals surface area contributed by atoms with Crippen LogP contribution in [0, 0.1) is 5.92 Å². The first-order valence-corrected chi connectivity index (χ1v) is 7.85. The van der Waals surface area contributed by atoms with Gasteiger partial charge in [0.1, 0.15) is 0 Å². The van der Waals surface area contributed by atoms with Crippen molar-refractivity contribution in [3.8, 4) is 0 Å². The van der Waals surface area contributed by atoms with Gasteiger partial charge in [-0.25, -0.2) is 0 Å². The Morgan fingerprint density at radius 3 is 2.39 bits per heavy atom. The van der Waals surface area contributed by atoms with Crippen LogP contribution in [0.25, 0.3) is 0 Å². The van der Waals surface area contributed by atoms with Gasteiger partial charge in [0.15, 0.2) is 0 Å². The second-order valence-corrected chi connectivity index (χ2v) is 5.58. The van der Waals surface area contributed by atoms with E-state index in [4.69, 9.17) is 5.73 Å². The number of hydrogen-bond donors (Lipinski definition) is 2. The summed E-state index contributed by atoms with van der Waals surface area (Å²) in [6, 6.07) is 7.74. The highest BCUT2D eigenvalue weighted by Crippen LogP contribution is 2.24. The maximum atomic E-state index is 11.7. The third kappa shape index (κ3) is 4.98. The number of primary amides is 1. The summed E-state index contributed by atoms with van der Waals surface area (Å²) in [4.78, 5) is 25.1. The number of nitrogens with one attached hydrogen (secondary N) is 1. The van der Waals surface area contributed by atoms with Gasteiger partial charge in [-0.05, 0) is 44.0 Å². The predicted octanol–water partition coefficient (Wildman–Crippen LogP) is 2.46. The second kappa shape index (κ2) is 8.17. The lowest BCUT2D eigenvalue weighted by Gasteiger charge is -2.32. The molecule has 1 saturated heterocycles. The molecule has 1 heterocycles. The molecule has 0 unspecified atom stereocenters. The third-order valence-corrected chi connectivity index (χ3v) is 3.95. The Kier molecular flexibility index (Phi) is 5.97. The molecule has 0 radical (unpaired) electrons. The largest absolute Gasteiger partial charge is 0.371 e. The van der Waals surface area contributed by atoms with E-state index in [1.807, 2.05) is 37.3 Å². The Bertz CT molecular complexity index is 597. The quantitative estimate of drug-likeness (QED) is 0.647. The van der Waals surface area contributed by atoms with Crippen LogP contribution >= 0.6 is 0 Å². The van der Waals surface area contributed by atoms with Crippen molar-refractivity contribution in [2.45, 2.75) is 19.8 Å². The molecule has 1 aliphatic heterocycles. The molecule has 5 nitrogen and oxygen atoms in total. The molecular weight excluding hydrogens is 290 g/mol. The molecule has 5 heteroatoms. The van der Waals surface area contributed by atoms with Crippen LogP contribution in [0.5, 0.6) is 0 Å². The normalized spacial score (nSPS) is 16.1. The van der Waals surface area contributed by atoms with Crippen molar-refractivity contribution in [1.29, 1.82) is 0 Å². The number of piperidine rings is 1. The molecule has 0 bridgehead atoms. The number of allylic oxidation sites excluding steroid dienone is 3. The van der Waals surface area contributed by atoms with Gasteiger partial charge in [-0.15, -0.1) is 0 Å². The zero-order valence-electron chi connectivity index (χ0n) is 13.4. The van der Waals surface area contributed by atoms with Crippen molar-refractivity contribution in [1.82, 2.24) is 0 Å². The van der Waals surface area contributed by atoms with E-state index >= 15 is 0 Å². The summed E-state index contributed by atoms with van der Waals surface area (Å²) >= 11 is 0. The Hall–Kier alpha value is -2.56. The monoisotopic (exact) mass is 313 g/mol. The topological polar surface area (TPSA) is 75.4 Å². The van der Waals surface area contributed by atoms with Crippen molar-refractivity contribution in [2.24, 2.45) is 11.7 Å². The molecule has 23 heavy (non-hydrogen) atoms. The second-order valence-electron chi connectivity index (χ2n) is 5.58. The SMILES string of the molecule is CC=CC=CC(=O)Nc1ccc(N2CCC(C(N)=O)CC2)cc1. The van der Waals surface area contributed by atoms with Crippen molar-refractivity contribution >= 4 is 23.2 Å². The summed E-state index contributed by atoms with van der Waals surface area (Å²) in [6.07, 6.45) is 8.45. The van der Waals surface area contributed by atoms with Crippen LogP contribution in [0.4, 0.5) is 11.4 Å². The lowest BCUT2D eigenvalue weighted by Crippen LogP contribution is -2.38. The number of nitrogens with zero attached hydrogens (tertiary/aromatic N) is 1. The van der Waals surface area contributed by atoms with Crippen LogP contribution in [0.2, 0.25) is 0 Å². The molecule has 0 spiro atoms. The average Bonchev–Trinajstić information content (AvgIpc) is 2.56. The van der Waals surface area contributed by atoms with Gasteiger partial charge in [-0.1, -0.05) is 18.2 Å². The van der Waals surface area contributed by atoms with Gasteiger partial charge < -0.3 is 16.0 Å². The van der Waals surface area contributed by atoms with E-state index in [1.54, 1.807) is 12.2 Å². The van der Waals surface area contributed by atoms with Gasteiger partial charge in [-0.2, -0.15) is 0 Å². The van der Waals surface area contributed by atoms with Crippen LogP contribution in [0.1, 0.15) is 19.8 Å². The van der Waals surface area contributed by atoms with E-state index in [9.17, 15) is 9.59 Å². The summed E-state index contributed by atoms with van der Waals surface area (Å²) in [5.74, 6) is -0.361. The Morgan fingerprint density at radius 1 is 1.17 bits per heavy atom. The Morgan fingerprint density at radius 2 is 1.83 bits per heavy atom. The van der Waals surface area contributed by atoms with E-state index in [0.717, 1.165) is 37.3 Å². The lowest BCUT2D eigenvalue weighted by molar-refractivity contribution is -0.122. The molecule has 1 aromatic rings. The Balaban J connectivity index is 1.90. The number of benzene rings is 1. The van der Waals surface area contributed by atoms with Gasteiger partial charge in [0, 0.05) is 36.5 Å². The maximum Gasteiger partial charge on any atom is 0.248 e. The molecule has 3 N–H and O–H groups in total. The number of carbonyl (C=O) groups excluding carboxylic acids is 2. The van der Waals surface area contributed by atoms with Crippen molar-refractivity contribution < 1.29 is 9.59 Å². The molecule has 1 aromatic carbocycles. The van der Waals surface area contributed by atoms with Crippen LogP contribution < -0.4 is 16.0 Å². The van der Waals surface area contributed by atoms with Crippen LogP contribution in [-0.2, 0) is 9.59 Å². The molecule has 122 valence electrons. The van der Waals surface area contributed by atoms with E-state index in [1.165, 1.54) is 6.08 Å². The van der Waals surface area contributed by atoms with Crippen molar-refractivity contribution in [3.63, 3.8) is 0 Å². The molecule has 2 rings (SSSR count). The van der Waals surface area contributed by atoms with Gasteiger partial charge in [-0.3, -0.25) is 9.59 Å². The van der Waals surface area contributed by atoms with Gasteiger partial charge in [0.2, 0.25) is 11.8 Å². The van der Waals surface area contributed by atoms with Crippen molar-refractivity contribution in [3.05, 3.63) is 48.6 Å². The fourth-order valence-electron chi connectivity index (χ4n) is 2.62. The number of rotatable bonds is 5. The van der Waals surface area contributed by atoms with E-state index < -0.39 is 0 Å². The van der Waals surface area contributed by atoms with E-state index in [2.05, 4.69) is 10.2 Å². The Labute approximate surface area is 136 Å². The molecule has 1 fully saturated rings. The number of amides is 2. The summed E-state index contributed by atoms with van der Waals surface area (Å²) < 4.78 is 0. The first-order chi connectivity index (χ1) is 11.1. The van der Waals surface area contributed by atoms with E-state index in [0.29, 0.717) is 0 Å². The molecule has 2 amide bonds. The molecule has 0 atom stereocenters. The molecule has 1 aliphatic rings. The van der Waals surface area contributed by atoms with Crippen LogP contribution in [0.15, 0.2) is 48.6 Å². The highest BCUT2D eigenvalue weighted by Gasteiger charge is 2.23. The zero-order valence-corrected chi connectivity index (χ0v) is 13.4. The fourth-order valence-corrected chi connectivity index (χ4v) is 2.62. The third-order valence-electron chi connectivity index (χ3n) is 3.95. The van der Waals surface area contributed by atoms with Gasteiger partial charge >= 0.3 is 0 Å². The highest BCUT2D eigenvalue weighted by atomic mass is 16.1. The molecule has 0 saturated carbocycles. The summed E-state index contributed by atoms with van der Waals surface area (Å²) in [6.45, 7) is 3.55. The van der Waals surface area contributed by atoms with Crippen LogP contribution in [-0.4, -0.2) is 24.9 Å². The highest BCUT2D eigenvalue weighted by molar-refractivity contribution is 5.99. The zero-order chi connectivity index (χ0) is 16.7. The minimum Gasteiger partial charge on any atom is -0.371 e. The average molecular weight is 313 g/mol. The first kappa shape index (κ1) is 16.8. The number of nitrogens with two attached hydrogens (primary N) is 1. The minimum absolute atomic E-state index is 0.00577. The van der Waals surface area contributed by atoms with Gasteiger partial charge in [0.05, 0.1) is 0 Å². The predicted molar refractivity (Wildman–Crippen MR) is 93.2 cm³/mol. The number of hydrogen-bond acceptors (Lipinski definition) is 3. The number of carbonyl (C=O) groups is 2. The number of anilines is 2. The summed E-state index contributed by atoms with van der Waals surface area (Å²) in [5.41, 5.74) is 7.21. The molecule has 0 aliphatic carbocycles. The van der Waals surface area contributed by atoms with Gasteiger partial charge in [0.25, 0.3) is 0 Å². The smallest absolute Gasteiger partial charge is 0.248 e. The standard InChI is InChI=1S/C18H23N3O2/c1-2-3-4-5-17(22)20-15-6-8-16(9-7-15)21-12-10-14(11-13-21)18(19)23/h2-9,14H,10-13H2,1H3,(H2,19,23)(H,20,22). The minimum atomic E-state index is -0.200. The maximum absolute atomic E-state index is 11.7. The first-order valence-electron chi connectivity index (χ1n) is 7.85. The fraction of sp³-hybridized carbons (Fsp3) is 0.333. The summed E-state index contributed by atoms with van der Waals surface area (Å²) in [7, 11) is 0. The summed E-state index contributed by atoms with van der Waals surface area (Å²) in [5, 5.41) is 2.81. The lowest BCUT2D eigenvalue weighted by atomic mass is 9.96. The molecular formula is C18H23N3O2. The van der Waals surface area contributed by atoms with Crippen LogP contribution in [0.3, 0.4) is 0 Å². The molecule has 0 aromatic heterocycles.